The summed E-state index contributed by atoms with van der Waals surface area (Å²) in [6, 6.07) is 17.5. The molecule has 1 aliphatic rings. The Balaban J connectivity index is 1.64. The van der Waals surface area contributed by atoms with Crippen molar-refractivity contribution in [3.05, 3.63) is 65.7 Å². The standard InChI is InChI=1S/C21H26N2O3/c1-21(20(22)24,23-14-19-8-5-13-25-19)17-9-11-18(12-10-17)26-15-16-6-3-2-4-7-16/h2-4,6-7,9-12,19,23H,5,8,13-15H2,1H3,(H2,22,24). The van der Waals surface area contributed by atoms with Crippen LogP contribution in [0.1, 0.15) is 30.9 Å². The molecule has 0 radical (unpaired) electrons. The van der Waals surface area contributed by atoms with E-state index >= 15 is 0 Å². The second-order valence-electron chi connectivity index (χ2n) is 6.80. The van der Waals surface area contributed by atoms with Crippen LogP contribution < -0.4 is 15.8 Å². The van der Waals surface area contributed by atoms with Gasteiger partial charge in [-0.1, -0.05) is 42.5 Å². The van der Waals surface area contributed by atoms with Crippen LogP contribution in [0, 0.1) is 0 Å². The molecule has 5 nitrogen and oxygen atoms in total. The normalized spacial score (nSPS) is 19.0. The predicted molar refractivity (Wildman–Crippen MR) is 101 cm³/mol. The molecule has 2 unspecified atom stereocenters. The van der Waals surface area contributed by atoms with E-state index in [9.17, 15) is 4.79 Å². The van der Waals surface area contributed by atoms with Crippen LogP contribution in [0.15, 0.2) is 54.6 Å². The Bertz CT molecular complexity index is 712. The minimum Gasteiger partial charge on any atom is -0.489 e. The number of benzene rings is 2. The van der Waals surface area contributed by atoms with Crippen molar-refractivity contribution in [1.82, 2.24) is 5.32 Å². The van der Waals surface area contributed by atoms with Gasteiger partial charge in [0.2, 0.25) is 5.91 Å². The molecule has 0 spiro atoms. The first-order valence-corrected chi connectivity index (χ1v) is 9.02. The zero-order chi connectivity index (χ0) is 18.4. The summed E-state index contributed by atoms with van der Waals surface area (Å²) >= 11 is 0. The number of nitrogens with one attached hydrogen (secondary N) is 1. The highest BCUT2D eigenvalue weighted by Crippen LogP contribution is 2.24. The lowest BCUT2D eigenvalue weighted by Crippen LogP contribution is -2.52. The van der Waals surface area contributed by atoms with E-state index < -0.39 is 11.4 Å². The van der Waals surface area contributed by atoms with E-state index in [0.29, 0.717) is 13.2 Å². The van der Waals surface area contributed by atoms with Crippen molar-refractivity contribution in [2.75, 3.05) is 13.2 Å². The molecule has 3 rings (SSSR count). The molecule has 0 aliphatic carbocycles. The maximum Gasteiger partial charge on any atom is 0.242 e. The Morgan fingerprint density at radius 1 is 1.23 bits per heavy atom. The number of hydrogen-bond acceptors (Lipinski definition) is 4. The maximum atomic E-state index is 12.1. The van der Waals surface area contributed by atoms with E-state index in [2.05, 4.69) is 5.32 Å². The summed E-state index contributed by atoms with van der Waals surface area (Å²) in [5, 5.41) is 3.29. The number of carbonyl (C=O) groups is 1. The number of amides is 1. The average molecular weight is 354 g/mol. The van der Waals surface area contributed by atoms with Crippen molar-refractivity contribution < 1.29 is 14.3 Å². The molecule has 0 aromatic heterocycles. The van der Waals surface area contributed by atoms with E-state index in [1.54, 1.807) is 0 Å². The van der Waals surface area contributed by atoms with Crippen LogP contribution in [0.25, 0.3) is 0 Å². The molecule has 2 atom stereocenters. The van der Waals surface area contributed by atoms with Crippen LogP contribution in [-0.4, -0.2) is 25.2 Å². The van der Waals surface area contributed by atoms with Gasteiger partial charge in [-0.2, -0.15) is 0 Å². The van der Waals surface area contributed by atoms with Crippen molar-refractivity contribution in [3.8, 4) is 5.75 Å². The first-order chi connectivity index (χ1) is 12.6. The lowest BCUT2D eigenvalue weighted by atomic mass is 9.91. The van der Waals surface area contributed by atoms with Gasteiger partial charge < -0.3 is 15.2 Å². The molecule has 1 saturated heterocycles. The molecule has 1 fully saturated rings. The van der Waals surface area contributed by atoms with Gasteiger partial charge in [0.1, 0.15) is 17.9 Å². The van der Waals surface area contributed by atoms with Crippen LogP contribution in [0.2, 0.25) is 0 Å². The molecule has 138 valence electrons. The van der Waals surface area contributed by atoms with Gasteiger partial charge in [-0.3, -0.25) is 10.1 Å². The van der Waals surface area contributed by atoms with Gasteiger partial charge in [0.15, 0.2) is 0 Å². The molecule has 0 bridgehead atoms. The molecule has 2 aromatic carbocycles. The molecule has 3 N–H and O–H groups in total. The Kier molecular flexibility index (Phi) is 5.91. The maximum absolute atomic E-state index is 12.1. The molecule has 1 amide bonds. The predicted octanol–water partition coefficient (Wildman–Crippen LogP) is 2.73. The monoisotopic (exact) mass is 354 g/mol. The lowest BCUT2D eigenvalue weighted by molar-refractivity contribution is -0.124. The quantitative estimate of drug-likeness (QED) is 0.764. The third-order valence-corrected chi connectivity index (χ3v) is 4.88. The molecule has 5 heteroatoms. The van der Waals surface area contributed by atoms with E-state index in [4.69, 9.17) is 15.2 Å². The Labute approximate surface area is 154 Å². The van der Waals surface area contributed by atoms with Crippen LogP contribution in [0.3, 0.4) is 0 Å². The smallest absolute Gasteiger partial charge is 0.242 e. The summed E-state index contributed by atoms with van der Waals surface area (Å²) in [6.45, 7) is 3.70. The minimum atomic E-state index is -0.941. The lowest BCUT2D eigenvalue weighted by Gasteiger charge is -2.29. The minimum absolute atomic E-state index is 0.141. The van der Waals surface area contributed by atoms with Gasteiger partial charge in [0.05, 0.1) is 6.10 Å². The molecular weight excluding hydrogens is 328 g/mol. The van der Waals surface area contributed by atoms with E-state index in [-0.39, 0.29) is 6.10 Å². The first-order valence-electron chi connectivity index (χ1n) is 9.02. The number of nitrogens with two attached hydrogens (primary N) is 1. The van der Waals surface area contributed by atoms with Crippen molar-refractivity contribution in [2.24, 2.45) is 5.73 Å². The van der Waals surface area contributed by atoms with Crippen LogP contribution in [-0.2, 0) is 21.7 Å². The fourth-order valence-corrected chi connectivity index (χ4v) is 3.08. The van der Waals surface area contributed by atoms with Crippen molar-refractivity contribution in [3.63, 3.8) is 0 Å². The highest BCUT2D eigenvalue weighted by atomic mass is 16.5. The topological polar surface area (TPSA) is 73.6 Å². The van der Waals surface area contributed by atoms with Crippen molar-refractivity contribution in [2.45, 2.75) is 38.0 Å². The molecule has 1 heterocycles. The molecular formula is C21H26N2O3. The SMILES string of the molecule is CC(NCC1CCCO1)(C(N)=O)c1ccc(OCc2ccccc2)cc1. The first kappa shape index (κ1) is 18.4. The molecule has 0 saturated carbocycles. The van der Waals surface area contributed by atoms with E-state index in [1.165, 1.54) is 0 Å². The number of rotatable bonds is 8. The van der Waals surface area contributed by atoms with Gasteiger partial charge in [-0.15, -0.1) is 0 Å². The van der Waals surface area contributed by atoms with Crippen LogP contribution >= 0.6 is 0 Å². The highest BCUT2D eigenvalue weighted by molar-refractivity contribution is 5.85. The van der Waals surface area contributed by atoms with Crippen LogP contribution in [0.4, 0.5) is 0 Å². The highest BCUT2D eigenvalue weighted by Gasteiger charge is 2.34. The van der Waals surface area contributed by atoms with Crippen molar-refractivity contribution >= 4 is 5.91 Å². The average Bonchev–Trinajstić information content (AvgIpc) is 3.19. The van der Waals surface area contributed by atoms with Crippen LogP contribution in [0.5, 0.6) is 5.75 Å². The summed E-state index contributed by atoms with van der Waals surface area (Å²) < 4.78 is 11.4. The van der Waals surface area contributed by atoms with Gasteiger partial charge in [0.25, 0.3) is 0 Å². The van der Waals surface area contributed by atoms with E-state index in [1.807, 2.05) is 61.5 Å². The Morgan fingerprint density at radius 2 is 1.96 bits per heavy atom. The Morgan fingerprint density at radius 3 is 2.58 bits per heavy atom. The van der Waals surface area contributed by atoms with Gasteiger partial charge in [-0.05, 0) is 43.0 Å². The largest absolute Gasteiger partial charge is 0.489 e. The fraction of sp³-hybridized carbons (Fsp3) is 0.381. The second kappa shape index (κ2) is 8.34. The van der Waals surface area contributed by atoms with Crippen molar-refractivity contribution in [1.29, 1.82) is 0 Å². The number of ether oxygens (including phenoxy) is 2. The number of hydrogen-bond donors (Lipinski definition) is 2. The zero-order valence-electron chi connectivity index (χ0n) is 15.1. The van der Waals surface area contributed by atoms with Gasteiger partial charge in [0, 0.05) is 13.2 Å². The second-order valence-corrected chi connectivity index (χ2v) is 6.80. The van der Waals surface area contributed by atoms with Gasteiger partial charge >= 0.3 is 0 Å². The summed E-state index contributed by atoms with van der Waals surface area (Å²) in [6.07, 6.45) is 2.21. The fourth-order valence-electron chi connectivity index (χ4n) is 3.08. The summed E-state index contributed by atoms with van der Waals surface area (Å²) in [5.74, 6) is 0.344. The third kappa shape index (κ3) is 4.42. The summed E-state index contributed by atoms with van der Waals surface area (Å²) in [7, 11) is 0. The Hall–Kier alpha value is -2.37. The summed E-state index contributed by atoms with van der Waals surface area (Å²) in [4.78, 5) is 12.1. The number of carbonyl (C=O) groups excluding carboxylic acids is 1. The zero-order valence-corrected chi connectivity index (χ0v) is 15.1. The summed E-state index contributed by atoms with van der Waals surface area (Å²) in [5.41, 5.74) is 6.67. The molecule has 2 aromatic rings. The number of primary amides is 1. The molecule has 1 aliphatic heterocycles. The van der Waals surface area contributed by atoms with E-state index in [0.717, 1.165) is 36.3 Å². The third-order valence-electron chi connectivity index (χ3n) is 4.88. The molecule has 26 heavy (non-hydrogen) atoms. The van der Waals surface area contributed by atoms with Gasteiger partial charge in [-0.25, -0.2) is 0 Å².